The molecule has 5 rings (SSSR count). The summed E-state index contributed by atoms with van der Waals surface area (Å²) in [6, 6.07) is 5.87. The third-order valence-corrected chi connectivity index (χ3v) is 5.77. The zero-order valence-electron chi connectivity index (χ0n) is 17.6. The molecule has 1 saturated heterocycles. The number of halogens is 4. The Labute approximate surface area is 194 Å². The molecule has 1 aromatic carbocycles. The predicted molar refractivity (Wildman–Crippen MR) is 119 cm³/mol. The van der Waals surface area contributed by atoms with Gasteiger partial charge in [-0.3, -0.25) is 9.55 Å². The lowest BCUT2D eigenvalue weighted by molar-refractivity contribution is 0.116. The topological polar surface area (TPSA) is 92.8 Å². The van der Waals surface area contributed by atoms with Gasteiger partial charge in [-0.05, 0) is 67.1 Å². The van der Waals surface area contributed by atoms with Crippen molar-refractivity contribution >= 4 is 27.0 Å². The first-order chi connectivity index (χ1) is 15.8. The minimum Gasteiger partial charge on any atom is -0.415 e. The first-order valence-corrected chi connectivity index (χ1v) is 10.9. The van der Waals surface area contributed by atoms with Crippen molar-refractivity contribution in [1.29, 1.82) is 0 Å². The van der Waals surface area contributed by atoms with Gasteiger partial charge in [0, 0.05) is 12.3 Å². The second-order valence-electron chi connectivity index (χ2n) is 7.59. The maximum absolute atomic E-state index is 13.8. The SMILES string of the molecule is CN1CCCC1.O=c1[nH]c2cc(Br)c(F)cc2n1Cc1ccc(-c2nnc(C(F)F)o2)cn1. The standard InChI is InChI=1S/C16H9BrF3N5O2.C5H11N/c17-9-3-11-12(4-10(9)18)25(16(26)22-11)6-8-2-1-7(5-21-8)14-23-24-15(27-14)13(19)20;1-6-4-2-3-5-6/h1-5,13H,6H2,(H,22,26);2-5H2,1H3. The van der Waals surface area contributed by atoms with Crippen LogP contribution in [0.15, 0.2) is 44.1 Å². The van der Waals surface area contributed by atoms with E-state index in [9.17, 15) is 18.0 Å². The molecule has 4 heterocycles. The van der Waals surface area contributed by atoms with E-state index in [2.05, 4.69) is 48.0 Å². The Morgan fingerprint density at radius 3 is 2.55 bits per heavy atom. The summed E-state index contributed by atoms with van der Waals surface area (Å²) >= 11 is 3.07. The molecule has 3 aromatic heterocycles. The number of aromatic amines is 1. The summed E-state index contributed by atoms with van der Waals surface area (Å²) in [6.45, 7) is 2.73. The lowest BCUT2D eigenvalue weighted by Crippen LogP contribution is -2.17. The highest BCUT2D eigenvalue weighted by atomic mass is 79.9. The van der Waals surface area contributed by atoms with Crippen LogP contribution in [0.4, 0.5) is 13.2 Å². The monoisotopic (exact) mass is 524 g/mol. The lowest BCUT2D eigenvalue weighted by Gasteiger charge is -2.04. The number of rotatable bonds is 4. The number of imidazole rings is 1. The van der Waals surface area contributed by atoms with Gasteiger partial charge in [-0.15, -0.1) is 10.2 Å². The Hall–Kier alpha value is -2.99. The number of hydrogen-bond acceptors (Lipinski definition) is 6. The molecule has 1 fully saturated rings. The molecule has 8 nitrogen and oxygen atoms in total. The molecular formula is C21H20BrF3N6O2. The van der Waals surface area contributed by atoms with E-state index in [-0.39, 0.29) is 16.9 Å². The summed E-state index contributed by atoms with van der Waals surface area (Å²) in [7, 11) is 2.17. The van der Waals surface area contributed by atoms with Crippen molar-refractivity contribution in [2.75, 3.05) is 20.1 Å². The van der Waals surface area contributed by atoms with Gasteiger partial charge < -0.3 is 14.3 Å². The fraction of sp³-hybridized carbons (Fsp3) is 0.333. The fourth-order valence-corrected chi connectivity index (χ4v) is 3.77. The van der Waals surface area contributed by atoms with Crippen LogP contribution >= 0.6 is 15.9 Å². The Kier molecular flexibility index (Phi) is 6.94. The van der Waals surface area contributed by atoms with Crippen molar-refractivity contribution in [2.45, 2.75) is 25.8 Å². The van der Waals surface area contributed by atoms with E-state index in [0.29, 0.717) is 22.3 Å². The van der Waals surface area contributed by atoms with Gasteiger partial charge in [-0.25, -0.2) is 9.18 Å². The summed E-state index contributed by atoms with van der Waals surface area (Å²) in [4.78, 5) is 21.3. The number of fused-ring (bicyclic) bond motifs is 1. The van der Waals surface area contributed by atoms with Crippen molar-refractivity contribution in [2.24, 2.45) is 0 Å². The van der Waals surface area contributed by atoms with Crippen LogP contribution in [0, 0.1) is 5.82 Å². The van der Waals surface area contributed by atoms with Crippen LogP contribution in [0.1, 0.15) is 30.9 Å². The van der Waals surface area contributed by atoms with Crippen molar-refractivity contribution in [1.82, 2.24) is 29.6 Å². The number of benzene rings is 1. The highest BCUT2D eigenvalue weighted by Gasteiger charge is 2.17. The molecule has 0 atom stereocenters. The molecule has 1 N–H and O–H groups in total. The largest absolute Gasteiger partial charge is 0.415 e. The first kappa shape index (κ1) is 23.2. The molecule has 33 heavy (non-hydrogen) atoms. The van der Waals surface area contributed by atoms with Crippen molar-refractivity contribution in [3.8, 4) is 11.5 Å². The number of pyridine rings is 1. The summed E-state index contributed by atoms with van der Waals surface area (Å²) in [5.41, 5.74) is 1.32. The first-order valence-electron chi connectivity index (χ1n) is 10.1. The van der Waals surface area contributed by atoms with E-state index >= 15 is 0 Å². The van der Waals surface area contributed by atoms with Crippen LogP contribution in [0.25, 0.3) is 22.5 Å². The Morgan fingerprint density at radius 1 is 1.21 bits per heavy atom. The van der Waals surface area contributed by atoms with E-state index in [1.807, 2.05) is 0 Å². The number of nitrogens with zero attached hydrogens (tertiary/aromatic N) is 5. The van der Waals surface area contributed by atoms with E-state index < -0.39 is 23.8 Å². The van der Waals surface area contributed by atoms with Crippen molar-refractivity contribution in [3.63, 3.8) is 0 Å². The van der Waals surface area contributed by atoms with Gasteiger partial charge in [0.2, 0.25) is 5.89 Å². The molecule has 0 saturated carbocycles. The van der Waals surface area contributed by atoms with Gasteiger partial charge in [-0.1, -0.05) is 0 Å². The number of alkyl halides is 2. The molecule has 0 spiro atoms. The van der Waals surface area contributed by atoms with Gasteiger partial charge >= 0.3 is 12.1 Å². The van der Waals surface area contributed by atoms with Gasteiger partial charge in [0.15, 0.2) is 0 Å². The Morgan fingerprint density at radius 2 is 1.97 bits per heavy atom. The van der Waals surface area contributed by atoms with Crippen LogP contribution in [0.3, 0.4) is 0 Å². The van der Waals surface area contributed by atoms with E-state index in [4.69, 9.17) is 4.42 Å². The Bertz CT molecular complexity index is 1300. The molecule has 4 aromatic rings. The summed E-state index contributed by atoms with van der Waals surface area (Å²) < 4.78 is 45.3. The molecule has 1 aliphatic heterocycles. The van der Waals surface area contributed by atoms with Gasteiger partial charge in [0.25, 0.3) is 5.89 Å². The summed E-state index contributed by atoms with van der Waals surface area (Å²) in [5.74, 6) is -1.35. The zero-order chi connectivity index (χ0) is 23.5. The summed E-state index contributed by atoms with van der Waals surface area (Å²) in [5, 5.41) is 6.80. The summed E-state index contributed by atoms with van der Waals surface area (Å²) in [6.07, 6.45) is 1.34. The highest BCUT2D eigenvalue weighted by Crippen LogP contribution is 2.24. The molecule has 0 radical (unpaired) electrons. The zero-order valence-corrected chi connectivity index (χ0v) is 19.2. The molecule has 12 heteroatoms. The van der Waals surface area contributed by atoms with Crippen molar-refractivity contribution in [3.05, 3.63) is 62.8 Å². The second kappa shape index (κ2) is 9.87. The average Bonchev–Trinajstić information content (AvgIpc) is 3.52. The van der Waals surface area contributed by atoms with Crippen molar-refractivity contribution < 1.29 is 17.6 Å². The van der Waals surface area contributed by atoms with Crippen LogP contribution in [0.5, 0.6) is 0 Å². The van der Waals surface area contributed by atoms with E-state index in [1.165, 1.54) is 48.8 Å². The maximum atomic E-state index is 13.8. The molecular weight excluding hydrogens is 505 g/mol. The minimum absolute atomic E-state index is 0.0828. The molecule has 0 aliphatic carbocycles. The van der Waals surface area contributed by atoms with Crippen LogP contribution in [0.2, 0.25) is 0 Å². The van der Waals surface area contributed by atoms with Gasteiger partial charge in [0.05, 0.1) is 33.3 Å². The predicted octanol–water partition coefficient (Wildman–Crippen LogP) is 4.37. The molecule has 0 amide bonds. The lowest BCUT2D eigenvalue weighted by atomic mass is 10.2. The fourth-order valence-electron chi connectivity index (χ4n) is 3.43. The molecule has 0 unspecified atom stereocenters. The van der Waals surface area contributed by atoms with E-state index in [0.717, 1.165) is 0 Å². The minimum atomic E-state index is -2.85. The number of likely N-dealkylation sites (tertiary alicyclic amines) is 1. The number of aromatic nitrogens is 5. The Balaban J connectivity index is 0.000000376. The maximum Gasteiger partial charge on any atom is 0.326 e. The van der Waals surface area contributed by atoms with Crippen LogP contribution in [-0.4, -0.2) is 49.8 Å². The third-order valence-electron chi connectivity index (χ3n) is 5.16. The molecule has 174 valence electrons. The van der Waals surface area contributed by atoms with Gasteiger partial charge in [-0.2, -0.15) is 8.78 Å². The third kappa shape index (κ3) is 5.33. The number of H-pyrrole nitrogens is 1. The molecule has 0 bridgehead atoms. The van der Waals surface area contributed by atoms with Gasteiger partial charge in [0.1, 0.15) is 5.82 Å². The number of nitrogens with one attached hydrogen (secondary N) is 1. The van der Waals surface area contributed by atoms with Crippen LogP contribution in [-0.2, 0) is 6.54 Å². The van der Waals surface area contributed by atoms with E-state index in [1.54, 1.807) is 12.1 Å². The second-order valence-corrected chi connectivity index (χ2v) is 8.45. The highest BCUT2D eigenvalue weighted by molar-refractivity contribution is 9.10. The molecule has 1 aliphatic rings. The smallest absolute Gasteiger partial charge is 0.326 e. The average molecular weight is 525 g/mol. The van der Waals surface area contributed by atoms with Crippen LogP contribution < -0.4 is 5.69 Å². The number of hydrogen-bond donors (Lipinski definition) is 1. The quantitative estimate of drug-likeness (QED) is 0.426. The normalized spacial score (nSPS) is 14.1.